The molecule has 0 amide bonds. The summed E-state index contributed by atoms with van der Waals surface area (Å²) in [6.07, 6.45) is 0. The van der Waals surface area contributed by atoms with Crippen LogP contribution in [0, 0.1) is 0 Å². The van der Waals surface area contributed by atoms with Crippen LogP contribution in [0.15, 0.2) is 0 Å². The van der Waals surface area contributed by atoms with Gasteiger partial charge >= 0.3 is 51.7 Å². The van der Waals surface area contributed by atoms with Crippen LogP contribution in [-0.2, 0) is 138 Å². The maximum absolute atomic E-state index is 0. The van der Waals surface area contributed by atoms with Gasteiger partial charge in [0.2, 0.25) is 0 Å². The van der Waals surface area contributed by atoms with Crippen molar-refractivity contribution in [3.05, 3.63) is 0 Å². The summed E-state index contributed by atoms with van der Waals surface area (Å²) in [6.45, 7) is 0. The van der Waals surface area contributed by atoms with Crippen molar-refractivity contribution in [2.75, 3.05) is 0 Å². The Morgan fingerprint density at radius 1 is 0.231 bits per heavy atom. The molecule has 0 saturated carbocycles. The van der Waals surface area contributed by atoms with Gasteiger partial charge in [-0.05, 0) is 0 Å². The molecule has 0 aliphatic rings. The van der Waals surface area contributed by atoms with Crippen molar-refractivity contribution in [2.24, 2.45) is 0 Å². The van der Waals surface area contributed by atoms with Gasteiger partial charge in [-0.3, -0.25) is 0 Å². The Labute approximate surface area is 137 Å². The second kappa shape index (κ2) is 411. The maximum atomic E-state index is 0. The summed E-state index contributed by atoms with van der Waals surface area (Å²) in [7, 11) is 0. The molecule has 0 N–H and O–H groups in total. The average Bonchev–Trinajstić information content (AvgIpc) is 0. The number of hydrogen-bond acceptors (Lipinski definition) is 0. The zero-order valence-corrected chi connectivity index (χ0v) is 15.5. The van der Waals surface area contributed by atoms with E-state index in [-0.39, 0.29) is 138 Å². The van der Waals surface area contributed by atoms with E-state index in [1.165, 1.54) is 0 Å². The maximum Gasteiger partial charge on any atom is 4.00 e. The first-order chi connectivity index (χ1) is 0. The summed E-state index contributed by atoms with van der Waals surface area (Å²) in [6, 6.07) is 0. The van der Waals surface area contributed by atoms with Crippen molar-refractivity contribution < 1.29 is 138 Å². The fourth-order valence-corrected chi connectivity index (χ4v) is 0. The molecule has 82 valence electrons. The minimum Gasteiger partial charge on any atom is -2.00 e. The smallest absolute Gasteiger partial charge is 2.00 e. The summed E-state index contributed by atoms with van der Waals surface area (Å²) >= 11 is 0. The van der Waals surface area contributed by atoms with Crippen LogP contribution in [0.3, 0.4) is 0 Å². The van der Waals surface area contributed by atoms with Gasteiger partial charge in [0.15, 0.2) is 0 Å². The summed E-state index contributed by atoms with van der Waals surface area (Å²) < 4.78 is 0. The van der Waals surface area contributed by atoms with Crippen LogP contribution in [0.1, 0.15) is 0 Å². The van der Waals surface area contributed by atoms with E-state index in [2.05, 4.69) is 0 Å². The fraction of sp³-hybridized carbons (Fsp3) is 0. The van der Waals surface area contributed by atoms with E-state index in [4.69, 9.17) is 0 Å². The molecular weight excluding hydrogens is 603 g/mol. The van der Waals surface area contributed by atoms with Crippen molar-refractivity contribution in [1.29, 1.82) is 0 Å². The summed E-state index contributed by atoms with van der Waals surface area (Å²) in [5.74, 6) is 0. The molecule has 0 unspecified atom stereocenters. The van der Waals surface area contributed by atoms with Crippen LogP contribution in [0.4, 0.5) is 0 Å². The number of hydrogen-bond donors (Lipinski definition) is 0. The van der Waals surface area contributed by atoms with E-state index in [1.54, 1.807) is 0 Å². The number of rotatable bonds is 0. The monoisotopic (exact) mass is 606 g/mol. The van der Waals surface area contributed by atoms with E-state index in [0.717, 1.165) is 0 Å². The zero-order valence-electron chi connectivity index (χ0n) is 5.57. The van der Waals surface area contributed by atoms with E-state index < -0.39 is 0 Å². The largest absolute Gasteiger partial charge is 4.00 e. The minimum atomic E-state index is 0. The predicted octanol–water partition coefficient (Wildman–Crippen LogP) is -1.08. The first kappa shape index (κ1) is 507. The molecule has 0 heterocycles. The van der Waals surface area contributed by atoms with Crippen LogP contribution in [0.25, 0.3) is 0 Å². The second-order valence-electron chi connectivity index (χ2n) is 0. The molecule has 13 heteroatoms. The summed E-state index contributed by atoms with van der Waals surface area (Å²) in [4.78, 5) is 0. The molecule has 0 rings (SSSR count). The molecule has 2 radical (unpaired) electrons. The molecular formula is Hf2O9V2-10. The molecule has 0 aromatic heterocycles. The second-order valence-corrected chi connectivity index (χ2v) is 0. The van der Waals surface area contributed by atoms with Crippen LogP contribution in [0.5, 0.6) is 0 Å². The van der Waals surface area contributed by atoms with E-state index in [1.807, 2.05) is 0 Å². The van der Waals surface area contributed by atoms with Crippen LogP contribution in [-0.4, -0.2) is 0 Å². The van der Waals surface area contributed by atoms with Crippen LogP contribution in [0.2, 0.25) is 0 Å². The topological polar surface area (TPSA) is 256 Å². The van der Waals surface area contributed by atoms with Gasteiger partial charge in [0.05, 0.1) is 0 Å². The molecule has 0 aromatic rings. The van der Waals surface area contributed by atoms with Crippen LogP contribution < -0.4 is 0 Å². The van der Waals surface area contributed by atoms with Gasteiger partial charge < -0.3 is 49.3 Å². The Kier molecular flexibility index (Phi) is 16000. The normalized spacial score (nSPS) is 0. The van der Waals surface area contributed by atoms with Crippen molar-refractivity contribution in [3.8, 4) is 0 Å². The molecule has 0 spiro atoms. The van der Waals surface area contributed by atoms with Gasteiger partial charge in [-0.15, -0.1) is 0 Å². The molecule has 13 heavy (non-hydrogen) atoms. The SMILES string of the molecule is [Hf+4].[Hf+4].[O-2].[O-2].[O-2].[O-2].[O-2].[O-2].[O-2].[O-2].[O-2].[V].[V]. The first-order valence-corrected chi connectivity index (χ1v) is 0. The fourth-order valence-electron chi connectivity index (χ4n) is 0. The predicted molar refractivity (Wildman–Crippen MR) is 6.18 cm³/mol. The van der Waals surface area contributed by atoms with E-state index in [9.17, 15) is 0 Å². The molecule has 0 atom stereocenters. The van der Waals surface area contributed by atoms with Crippen molar-refractivity contribution in [2.45, 2.75) is 0 Å². The van der Waals surface area contributed by atoms with Crippen molar-refractivity contribution in [3.63, 3.8) is 0 Å². The molecule has 0 aliphatic carbocycles. The van der Waals surface area contributed by atoms with E-state index >= 15 is 0 Å². The average molecular weight is 603 g/mol. The van der Waals surface area contributed by atoms with Crippen molar-refractivity contribution >= 4 is 0 Å². The van der Waals surface area contributed by atoms with E-state index in [0.29, 0.717) is 0 Å². The Bertz CT molecular complexity index is 15.6. The molecule has 0 aliphatic heterocycles. The van der Waals surface area contributed by atoms with Gasteiger partial charge in [-0.2, -0.15) is 0 Å². The Balaban J connectivity index is 0. The van der Waals surface area contributed by atoms with Gasteiger partial charge in [-0.1, -0.05) is 0 Å². The van der Waals surface area contributed by atoms with Crippen molar-refractivity contribution in [1.82, 2.24) is 0 Å². The van der Waals surface area contributed by atoms with Gasteiger partial charge in [0.25, 0.3) is 0 Å². The minimum absolute atomic E-state index is 0. The molecule has 0 fully saturated rings. The zero-order chi connectivity index (χ0) is 0. The summed E-state index contributed by atoms with van der Waals surface area (Å²) in [5, 5.41) is 0. The first-order valence-electron chi connectivity index (χ1n) is 0. The Morgan fingerprint density at radius 3 is 0.231 bits per heavy atom. The van der Waals surface area contributed by atoms with Gasteiger partial charge in [0, 0.05) is 37.1 Å². The molecule has 0 bridgehead atoms. The third-order valence-electron chi connectivity index (χ3n) is 0. The Hall–Kier alpha value is 2.55. The third-order valence-corrected chi connectivity index (χ3v) is 0. The summed E-state index contributed by atoms with van der Waals surface area (Å²) in [5.41, 5.74) is 0. The van der Waals surface area contributed by atoms with Gasteiger partial charge in [0.1, 0.15) is 0 Å². The quantitative estimate of drug-likeness (QED) is 0.300. The third kappa shape index (κ3) is 353. The molecule has 0 aromatic carbocycles. The standard InChI is InChI=1S/2Hf.9O.2V/q2*+4;9*-2;;. The molecule has 9 nitrogen and oxygen atoms in total. The van der Waals surface area contributed by atoms with Gasteiger partial charge in [-0.25, -0.2) is 0 Å². The molecule has 0 saturated heterocycles. The van der Waals surface area contributed by atoms with Crippen LogP contribution >= 0.6 is 0 Å². The Morgan fingerprint density at radius 2 is 0.231 bits per heavy atom.